The van der Waals surface area contributed by atoms with Crippen molar-refractivity contribution in [2.24, 2.45) is 16.7 Å². The molecule has 134 valence electrons. The maximum Gasteiger partial charge on any atom is 0.333 e. The molecule has 0 amide bonds. The van der Waals surface area contributed by atoms with E-state index in [1.165, 1.54) is 6.92 Å². The Labute approximate surface area is 140 Å². The third kappa shape index (κ3) is 9.39. The third-order valence-corrected chi connectivity index (χ3v) is 3.32. The maximum atomic E-state index is 12.4. The monoisotopic (exact) mass is 328 g/mol. The summed E-state index contributed by atoms with van der Waals surface area (Å²) in [4.78, 5) is 23.6. The number of hydrogen-bond donors (Lipinski definition) is 1. The molecule has 1 N–H and O–H groups in total. The minimum absolute atomic E-state index is 0.00734. The molecule has 0 aromatic heterocycles. The normalized spacial score (nSPS) is 14.8. The van der Waals surface area contributed by atoms with Gasteiger partial charge in [-0.2, -0.15) is 0 Å². The molecule has 2 unspecified atom stereocenters. The van der Waals surface area contributed by atoms with Crippen molar-refractivity contribution in [3.8, 4) is 0 Å². The summed E-state index contributed by atoms with van der Waals surface area (Å²) in [5, 5.41) is 9.76. The highest BCUT2D eigenvalue weighted by Crippen LogP contribution is 2.36. The smallest absolute Gasteiger partial charge is 0.333 e. The van der Waals surface area contributed by atoms with E-state index in [4.69, 9.17) is 9.47 Å². The van der Waals surface area contributed by atoms with Crippen LogP contribution in [-0.2, 0) is 19.1 Å². The fourth-order valence-electron chi connectivity index (χ4n) is 1.98. The van der Waals surface area contributed by atoms with E-state index >= 15 is 0 Å². The molecule has 0 radical (unpaired) electrons. The largest absolute Gasteiger partial charge is 0.463 e. The highest BCUT2D eigenvalue weighted by Gasteiger charge is 2.36. The first-order valence-electron chi connectivity index (χ1n) is 7.91. The molecule has 0 spiro atoms. The van der Waals surface area contributed by atoms with Crippen LogP contribution in [0.3, 0.4) is 0 Å². The van der Waals surface area contributed by atoms with Gasteiger partial charge in [-0.3, -0.25) is 4.79 Å². The SMILES string of the molecule is C=C(C)C(=O)OCC(O)COC(=O)C(CC(C)(C)C)C(C)(C)C. The van der Waals surface area contributed by atoms with Crippen LogP contribution in [0.5, 0.6) is 0 Å². The van der Waals surface area contributed by atoms with Gasteiger partial charge in [0.05, 0.1) is 5.92 Å². The minimum Gasteiger partial charge on any atom is -0.463 e. The van der Waals surface area contributed by atoms with Gasteiger partial charge in [0.25, 0.3) is 0 Å². The third-order valence-electron chi connectivity index (χ3n) is 3.32. The predicted octanol–water partition coefficient (Wildman–Crippen LogP) is 3.11. The lowest BCUT2D eigenvalue weighted by molar-refractivity contribution is -0.159. The topological polar surface area (TPSA) is 72.8 Å². The number of aliphatic hydroxyl groups is 1. The molecule has 2 atom stereocenters. The first-order valence-corrected chi connectivity index (χ1v) is 7.91. The first-order chi connectivity index (χ1) is 10.2. The average molecular weight is 328 g/mol. The maximum absolute atomic E-state index is 12.4. The number of esters is 2. The van der Waals surface area contributed by atoms with Crippen molar-refractivity contribution in [3.05, 3.63) is 12.2 Å². The van der Waals surface area contributed by atoms with Crippen molar-refractivity contribution in [1.82, 2.24) is 0 Å². The van der Waals surface area contributed by atoms with Crippen LogP contribution >= 0.6 is 0 Å². The van der Waals surface area contributed by atoms with Crippen LogP contribution in [0, 0.1) is 16.7 Å². The van der Waals surface area contributed by atoms with Crippen LogP contribution in [0.4, 0.5) is 0 Å². The molecule has 0 fully saturated rings. The molecule has 0 bridgehead atoms. The van der Waals surface area contributed by atoms with Gasteiger partial charge in [-0.1, -0.05) is 48.1 Å². The van der Waals surface area contributed by atoms with E-state index in [0.29, 0.717) is 6.42 Å². The summed E-state index contributed by atoms with van der Waals surface area (Å²) in [5.41, 5.74) is 0.0149. The van der Waals surface area contributed by atoms with Gasteiger partial charge >= 0.3 is 11.9 Å². The van der Waals surface area contributed by atoms with E-state index in [9.17, 15) is 14.7 Å². The zero-order chi connectivity index (χ0) is 18.4. The van der Waals surface area contributed by atoms with Crippen LogP contribution < -0.4 is 0 Å². The molecular weight excluding hydrogens is 296 g/mol. The number of carbonyl (C=O) groups excluding carboxylic acids is 2. The van der Waals surface area contributed by atoms with Crippen LogP contribution in [0.25, 0.3) is 0 Å². The summed E-state index contributed by atoms with van der Waals surface area (Å²) >= 11 is 0. The fourth-order valence-corrected chi connectivity index (χ4v) is 1.98. The highest BCUT2D eigenvalue weighted by molar-refractivity contribution is 5.86. The van der Waals surface area contributed by atoms with Crippen LogP contribution in [0.2, 0.25) is 0 Å². The molecule has 0 saturated heterocycles. The molecule has 0 heterocycles. The van der Waals surface area contributed by atoms with E-state index in [-0.39, 0.29) is 41.5 Å². The first kappa shape index (κ1) is 21.6. The molecule has 23 heavy (non-hydrogen) atoms. The van der Waals surface area contributed by atoms with E-state index in [2.05, 4.69) is 27.4 Å². The Bertz CT molecular complexity index is 426. The Balaban J connectivity index is 4.53. The number of aliphatic hydroxyl groups excluding tert-OH is 1. The van der Waals surface area contributed by atoms with Crippen molar-refractivity contribution in [3.63, 3.8) is 0 Å². The Hall–Kier alpha value is -1.36. The average Bonchev–Trinajstić information content (AvgIpc) is 2.37. The second-order valence-corrected chi connectivity index (χ2v) is 8.35. The summed E-state index contributed by atoms with van der Waals surface area (Å²) in [6, 6.07) is 0. The Morgan fingerprint density at radius 1 is 1.04 bits per heavy atom. The van der Waals surface area contributed by atoms with Crippen molar-refractivity contribution >= 4 is 11.9 Å². The molecule has 0 saturated carbocycles. The lowest BCUT2D eigenvalue weighted by Crippen LogP contribution is -2.35. The summed E-state index contributed by atoms with van der Waals surface area (Å²) in [7, 11) is 0. The lowest BCUT2D eigenvalue weighted by atomic mass is 9.72. The molecule has 0 aliphatic carbocycles. The summed E-state index contributed by atoms with van der Waals surface area (Å²) < 4.78 is 10.1. The minimum atomic E-state index is -1.04. The van der Waals surface area contributed by atoms with Crippen LogP contribution in [0.15, 0.2) is 12.2 Å². The van der Waals surface area contributed by atoms with Gasteiger partial charge in [-0.05, 0) is 24.2 Å². The van der Waals surface area contributed by atoms with E-state index in [0.717, 1.165) is 0 Å². The van der Waals surface area contributed by atoms with Gasteiger partial charge in [0, 0.05) is 5.57 Å². The van der Waals surface area contributed by atoms with E-state index in [1.807, 2.05) is 20.8 Å². The Morgan fingerprint density at radius 2 is 1.52 bits per heavy atom. The summed E-state index contributed by atoms with van der Waals surface area (Å²) in [5.74, 6) is -1.18. The van der Waals surface area contributed by atoms with Gasteiger partial charge < -0.3 is 14.6 Å². The predicted molar refractivity (Wildman–Crippen MR) is 89.8 cm³/mol. The van der Waals surface area contributed by atoms with Gasteiger partial charge in [0.15, 0.2) is 0 Å². The van der Waals surface area contributed by atoms with Gasteiger partial charge in [-0.15, -0.1) is 0 Å². The van der Waals surface area contributed by atoms with Crippen LogP contribution in [-0.4, -0.2) is 36.4 Å². The molecule has 5 nitrogen and oxygen atoms in total. The molecule has 0 rings (SSSR count). The Kier molecular flexibility index (Phi) is 7.98. The number of ether oxygens (including phenoxy) is 2. The van der Waals surface area contributed by atoms with E-state index < -0.39 is 12.1 Å². The molecule has 0 aliphatic heterocycles. The molecule has 0 aromatic carbocycles. The second kappa shape index (κ2) is 8.48. The van der Waals surface area contributed by atoms with Crippen molar-refractivity contribution in [2.75, 3.05) is 13.2 Å². The zero-order valence-electron chi connectivity index (χ0n) is 15.6. The lowest BCUT2D eigenvalue weighted by Gasteiger charge is -2.34. The van der Waals surface area contributed by atoms with Crippen molar-refractivity contribution in [2.45, 2.75) is 61.0 Å². The summed E-state index contributed by atoms with van der Waals surface area (Å²) in [6.07, 6.45) is -0.353. The standard InChI is InChI=1S/C18H32O5/c1-12(2)15(20)22-10-13(19)11-23-16(21)14(18(6,7)8)9-17(3,4)5/h13-14,19H,1,9-11H2,2-8H3. The van der Waals surface area contributed by atoms with Crippen LogP contribution in [0.1, 0.15) is 54.9 Å². The van der Waals surface area contributed by atoms with Crippen molar-refractivity contribution < 1.29 is 24.2 Å². The Morgan fingerprint density at radius 3 is 1.91 bits per heavy atom. The molecular formula is C18H32O5. The van der Waals surface area contributed by atoms with Gasteiger partial charge in [0.2, 0.25) is 0 Å². The number of hydrogen-bond acceptors (Lipinski definition) is 5. The van der Waals surface area contributed by atoms with Gasteiger partial charge in [0.1, 0.15) is 19.3 Å². The van der Waals surface area contributed by atoms with Crippen molar-refractivity contribution in [1.29, 1.82) is 0 Å². The highest BCUT2D eigenvalue weighted by atomic mass is 16.6. The molecule has 0 aliphatic rings. The van der Waals surface area contributed by atoms with Gasteiger partial charge in [-0.25, -0.2) is 4.79 Å². The summed E-state index contributed by atoms with van der Waals surface area (Å²) in [6.45, 7) is 16.8. The fraction of sp³-hybridized carbons (Fsp3) is 0.778. The number of carbonyl (C=O) groups is 2. The quantitative estimate of drug-likeness (QED) is 0.574. The zero-order valence-corrected chi connectivity index (χ0v) is 15.6. The number of rotatable bonds is 7. The second-order valence-electron chi connectivity index (χ2n) is 8.35. The van der Waals surface area contributed by atoms with E-state index in [1.54, 1.807) is 0 Å². The molecule has 5 heteroatoms. The molecule has 0 aromatic rings.